The van der Waals surface area contributed by atoms with Crippen LogP contribution in [0.2, 0.25) is 5.02 Å². The molecule has 0 unspecified atom stereocenters. The van der Waals surface area contributed by atoms with Gasteiger partial charge in [0.05, 0.1) is 0 Å². The van der Waals surface area contributed by atoms with Crippen LogP contribution in [0.3, 0.4) is 0 Å². The summed E-state index contributed by atoms with van der Waals surface area (Å²) in [5.41, 5.74) is 2.45. The van der Waals surface area contributed by atoms with Crippen LogP contribution in [-0.2, 0) is 0 Å². The van der Waals surface area contributed by atoms with Crippen molar-refractivity contribution in [2.24, 2.45) is 0 Å². The van der Waals surface area contributed by atoms with Crippen molar-refractivity contribution < 1.29 is 9.59 Å². The number of halogens is 1. The second kappa shape index (κ2) is 7.80. The number of ketones is 1. The van der Waals surface area contributed by atoms with Gasteiger partial charge >= 0.3 is 0 Å². The van der Waals surface area contributed by atoms with Gasteiger partial charge in [-0.05, 0) is 61.5 Å². The highest BCUT2D eigenvalue weighted by Gasteiger charge is 2.08. The monoisotopic (exact) mass is 365 g/mol. The number of hydrogen-bond acceptors (Lipinski definition) is 4. The normalized spacial score (nSPS) is 10.2. The molecule has 0 bridgehead atoms. The van der Waals surface area contributed by atoms with Crippen LogP contribution in [0, 0.1) is 0 Å². The molecule has 0 saturated heterocycles. The molecule has 2 N–H and O–H groups in total. The third kappa shape index (κ3) is 4.46. The number of Topliss-reactive ketones (excluding diaryl/α,β-unsaturated/α-hetero) is 1. The quantitative estimate of drug-likeness (QED) is 0.628. The van der Waals surface area contributed by atoms with Crippen molar-refractivity contribution in [1.29, 1.82) is 0 Å². The summed E-state index contributed by atoms with van der Waals surface area (Å²) in [6.45, 7) is 1.50. The standard InChI is InChI=1S/C20H16ClN3O2/c1-13(25)14-5-7-17(8-6-14)24-20(26)15-9-10-22-19(11-15)23-18-4-2-3-16(21)12-18/h2-12H,1H3,(H,22,23)(H,24,26). The van der Waals surface area contributed by atoms with E-state index < -0.39 is 0 Å². The van der Waals surface area contributed by atoms with Crippen molar-refractivity contribution in [3.05, 3.63) is 83.0 Å². The third-order valence-electron chi connectivity index (χ3n) is 3.67. The Morgan fingerprint density at radius 3 is 2.38 bits per heavy atom. The predicted octanol–water partition coefficient (Wildman–Crippen LogP) is 4.93. The number of nitrogens with zero attached hydrogens (tertiary/aromatic N) is 1. The first-order valence-electron chi connectivity index (χ1n) is 7.92. The maximum atomic E-state index is 12.4. The molecule has 2 aromatic carbocycles. The van der Waals surface area contributed by atoms with Gasteiger partial charge in [-0.3, -0.25) is 9.59 Å². The van der Waals surface area contributed by atoms with E-state index in [1.54, 1.807) is 54.7 Å². The molecule has 0 atom stereocenters. The smallest absolute Gasteiger partial charge is 0.255 e. The Morgan fingerprint density at radius 2 is 1.69 bits per heavy atom. The van der Waals surface area contributed by atoms with Crippen molar-refractivity contribution in [3.8, 4) is 0 Å². The Balaban J connectivity index is 1.72. The van der Waals surface area contributed by atoms with E-state index in [1.165, 1.54) is 6.92 Å². The Kier molecular flexibility index (Phi) is 5.29. The number of nitrogens with one attached hydrogen (secondary N) is 2. The Morgan fingerprint density at radius 1 is 0.923 bits per heavy atom. The minimum atomic E-state index is -0.267. The van der Waals surface area contributed by atoms with Crippen molar-refractivity contribution >= 4 is 40.5 Å². The highest BCUT2D eigenvalue weighted by atomic mass is 35.5. The Hall–Kier alpha value is -3.18. The van der Waals surface area contributed by atoms with Gasteiger partial charge in [0.1, 0.15) is 5.82 Å². The maximum Gasteiger partial charge on any atom is 0.255 e. The number of carbonyl (C=O) groups is 2. The number of hydrogen-bond donors (Lipinski definition) is 2. The van der Waals surface area contributed by atoms with Crippen LogP contribution >= 0.6 is 11.6 Å². The molecule has 5 nitrogen and oxygen atoms in total. The first-order chi connectivity index (χ1) is 12.5. The molecule has 0 radical (unpaired) electrons. The zero-order valence-corrected chi connectivity index (χ0v) is 14.7. The molecule has 0 aliphatic heterocycles. The van der Waals surface area contributed by atoms with Gasteiger partial charge in [0.2, 0.25) is 0 Å². The van der Waals surface area contributed by atoms with Crippen LogP contribution in [0.15, 0.2) is 66.9 Å². The number of benzene rings is 2. The Labute approximate surface area is 156 Å². The number of amides is 1. The van der Waals surface area contributed by atoms with E-state index in [0.717, 1.165) is 5.69 Å². The lowest BCUT2D eigenvalue weighted by atomic mass is 10.1. The molecule has 6 heteroatoms. The average molecular weight is 366 g/mol. The summed E-state index contributed by atoms with van der Waals surface area (Å²) in [7, 11) is 0. The molecular formula is C20H16ClN3O2. The summed E-state index contributed by atoms with van der Waals surface area (Å²) in [5.74, 6) is 0.248. The highest BCUT2D eigenvalue weighted by Crippen LogP contribution is 2.20. The number of rotatable bonds is 5. The summed E-state index contributed by atoms with van der Waals surface area (Å²) in [6, 6.07) is 17.3. The first kappa shape index (κ1) is 17.6. The van der Waals surface area contributed by atoms with Crippen molar-refractivity contribution in [1.82, 2.24) is 4.98 Å². The second-order valence-electron chi connectivity index (χ2n) is 5.65. The zero-order chi connectivity index (χ0) is 18.5. The van der Waals surface area contributed by atoms with Crippen LogP contribution < -0.4 is 10.6 Å². The van der Waals surface area contributed by atoms with E-state index in [-0.39, 0.29) is 11.7 Å². The molecule has 0 saturated carbocycles. The zero-order valence-electron chi connectivity index (χ0n) is 14.0. The van der Waals surface area contributed by atoms with Crippen LogP contribution in [-0.4, -0.2) is 16.7 Å². The molecule has 26 heavy (non-hydrogen) atoms. The van der Waals surface area contributed by atoms with Gasteiger partial charge in [-0.15, -0.1) is 0 Å². The van der Waals surface area contributed by atoms with E-state index in [0.29, 0.717) is 27.7 Å². The van der Waals surface area contributed by atoms with Crippen molar-refractivity contribution in [2.45, 2.75) is 6.92 Å². The van der Waals surface area contributed by atoms with Gasteiger partial charge in [0, 0.05) is 33.7 Å². The summed E-state index contributed by atoms with van der Waals surface area (Å²) in [4.78, 5) is 27.9. The number of carbonyl (C=O) groups excluding carboxylic acids is 2. The lowest BCUT2D eigenvalue weighted by Gasteiger charge is -2.09. The molecule has 3 rings (SSSR count). The number of anilines is 3. The summed E-state index contributed by atoms with van der Waals surface area (Å²) < 4.78 is 0. The van der Waals surface area contributed by atoms with Crippen molar-refractivity contribution in [2.75, 3.05) is 10.6 Å². The molecule has 0 fully saturated rings. The molecule has 1 aromatic heterocycles. The number of aromatic nitrogens is 1. The molecule has 130 valence electrons. The highest BCUT2D eigenvalue weighted by molar-refractivity contribution is 6.30. The van der Waals surface area contributed by atoms with Crippen LogP contribution in [0.25, 0.3) is 0 Å². The van der Waals surface area contributed by atoms with Gasteiger partial charge in [-0.1, -0.05) is 17.7 Å². The summed E-state index contributed by atoms with van der Waals surface area (Å²) >= 11 is 5.97. The molecule has 1 heterocycles. The molecule has 0 spiro atoms. The summed E-state index contributed by atoms with van der Waals surface area (Å²) in [5, 5.41) is 6.52. The van der Waals surface area contributed by atoms with Gasteiger partial charge in [-0.2, -0.15) is 0 Å². The van der Waals surface area contributed by atoms with Crippen LogP contribution in [0.5, 0.6) is 0 Å². The van der Waals surface area contributed by atoms with E-state index in [9.17, 15) is 9.59 Å². The van der Waals surface area contributed by atoms with E-state index in [1.807, 2.05) is 12.1 Å². The summed E-state index contributed by atoms with van der Waals surface area (Å²) in [6.07, 6.45) is 1.56. The van der Waals surface area contributed by atoms with E-state index in [4.69, 9.17) is 11.6 Å². The predicted molar refractivity (Wildman–Crippen MR) is 103 cm³/mol. The first-order valence-corrected chi connectivity index (χ1v) is 8.30. The minimum Gasteiger partial charge on any atom is -0.340 e. The molecular weight excluding hydrogens is 350 g/mol. The molecule has 1 amide bonds. The lowest BCUT2D eigenvalue weighted by Crippen LogP contribution is -2.12. The fourth-order valence-electron chi connectivity index (χ4n) is 2.35. The van der Waals surface area contributed by atoms with Gasteiger partial charge < -0.3 is 10.6 Å². The average Bonchev–Trinajstić information content (AvgIpc) is 2.62. The van der Waals surface area contributed by atoms with Crippen LogP contribution in [0.4, 0.5) is 17.2 Å². The topological polar surface area (TPSA) is 71.1 Å². The minimum absolute atomic E-state index is 0.0197. The number of pyridine rings is 1. The SMILES string of the molecule is CC(=O)c1ccc(NC(=O)c2ccnc(Nc3cccc(Cl)c3)c2)cc1. The fourth-order valence-corrected chi connectivity index (χ4v) is 2.54. The fraction of sp³-hybridized carbons (Fsp3) is 0.0500. The van der Waals surface area contributed by atoms with Gasteiger partial charge in [0.25, 0.3) is 5.91 Å². The lowest BCUT2D eigenvalue weighted by molar-refractivity contribution is 0.101. The largest absolute Gasteiger partial charge is 0.340 e. The maximum absolute atomic E-state index is 12.4. The van der Waals surface area contributed by atoms with Crippen LogP contribution in [0.1, 0.15) is 27.6 Å². The van der Waals surface area contributed by atoms with E-state index >= 15 is 0 Å². The second-order valence-corrected chi connectivity index (χ2v) is 6.09. The van der Waals surface area contributed by atoms with Gasteiger partial charge in [0.15, 0.2) is 5.78 Å². The third-order valence-corrected chi connectivity index (χ3v) is 3.90. The Bertz CT molecular complexity index is 955. The molecule has 3 aromatic rings. The van der Waals surface area contributed by atoms with Gasteiger partial charge in [-0.25, -0.2) is 4.98 Å². The van der Waals surface area contributed by atoms with E-state index in [2.05, 4.69) is 15.6 Å². The molecule has 0 aliphatic carbocycles. The van der Waals surface area contributed by atoms with Crippen molar-refractivity contribution in [3.63, 3.8) is 0 Å². The molecule has 0 aliphatic rings.